The number of esters is 1. The van der Waals surface area contributed by atoms with E-state index in [1.54, 1.807) is 29.4 Å². The third-order valence-corrected chi connectivity index (χ3v) is 6.53. The molecule has 2 rings (SSSR count). The van der Waals surface area contributed by atoms with Gasteiger partial charge in [0.15, 0.2) is 0 Å². The molecule has 1 aromatic rings. The monoisotopic (exact) mass is 354 g/mol. The van der Waals surface area contributed by atoms with E-state index >= 15 is 0 Å². The second-order valence-corrected chi connectivity index (χ2v) is 7.88. The van der Waals surface area contributed by atoms with Crippen LogP contribution >= 0.6 is 0 Å². The molecule has 0 atom stereocenters. The van der Waals surface area contributed by atoms with Crippen LogP contribution in [0.4, 0.5) is 0 Å². The Balaban J connectivity index is 2.45. The number of carbonyl (C=O) groups is 1. The number of piperidine rings is 1. The van der Waals surface area contributed by atoms with E-state index in [1.807, 2.05) is 6.92 Å². The second kappa shape index (κ2) is 8.09. The highest BCUT2D eigenvalue weighted by molar-refractivity contribution is 7.89. The third kappa shape index (κ3) is 3.79. The molecule has 0 bridgehead atoms. The van der Waals surface area contributed by atoms with Crippen molar-refractivity contribution in [3.63, 3.8) is 0 Å². The molecule has 0 aromatic heterocycles. The van der Waals surface area contributed by atoms with Crippen LogP contribution in [0.5, 0.6) is 0 Å². The summed E-state index contributed by atoms with van der Waals surface area (Å²) in [5.74, 6) is -0.520. The predicted octanol–water partition coefficient (Wildman–Crippen LogP) is 1.93. The second-order valence-electron chi connectivity index (χ2n) is 6.02. The molecule has 0 amide bonds. The predicted molar refractivity (Wildman–Crippen MR) is 92.6 cm³/mol. The molecular formula is C17H26N2O4S. The summed E-state index contributed by atoms with van der Waals surface area (Å²) in [7, 11) is -2.37. The van der Waals surface area contributed by atoms with E-state index < -0.39 is 16.0 Å². The van der Waals surface area contributed by atoms with Gasteiger partial charge in [0.25, 0.3) is 0 Å². The van der Waals surface area contributed by atoms with Gasteiger partial charge in [-0.2, -0.15) is 4.31 Å². The highest BCUT2D eigenvalue weighted by Crippen LogP contribution is 2.27. The van der Waals surface area contributed by atoms with Crippen LogP contribution < -0.4 is 5.32 Å². The maximum absolute atomic E-state index is 13.3. The topological polar surface area (TPSA) is 75.7 Å². The van der Waals surface area contributed by atoms with Gasteiger partial charge in [0.05, 0.1) is 17.6 Å². The molecule has 1 aliphatic rings. The van der Waals surface area contributed by atoms with Crippen LogP contribution in [0.1, 0.15) is 42.1 Å². The lowest BCUT2D eigenvalue weighted by Crippen LogP contribution is -2.46. The van der Waals surface area contributed by atoms with Gasteiger partial charge in [-0.3, -0.25) is 0 Å². The van der Waals surface area contributed by atoms with E-state index in [0.29, 0.717) is 17.7 Å². The van der Waals surface area contributed by atoms with Crippen molar-refractivity contribution >= 4 is 16.0 Å². The van der Waals surface area contributed by atoms with Crippen LogP contribution in [0.3, 0.4) is 0 Å². The minimum atomic E-state index is -3.66. The molecule has 1 aromatic carbocycles. The van der Waals surface area contributed by atoms with Crippen LogP contribution in [0.2, 0.25) is 0 Å². The fourth-order valence-corrected chi connectivity index (χ4v) is 5.19. The molecule has 0 unspecified atom stereocenters. The Kier molecular flexibility index (Phi) is 6.37. The molecular weight excluding hydrogens is 328 g/mol. The number of rotatable bonds is 6. The molecule has 1 aliphatic heterocycles. The molecule has 0 saturated carbocycles. The Bertz CT molecular complexity index is 682. The van der Waals surface area contributed by atoms with Gasteiger partial charge in [-0.1, -0.05) is 13.0 Å². The van der Waals surface area contributed by atoms with Crippen LogP contribution in [-0.4, -0.2) is 51.5 Å². The summed E-state index contributed by atoms with van der Waals surface area (Å²) in [5, 5.41) is 3.26. The van der Waals surface area contributed by atoms with E-state index in [2.05, 4.69) is 5.32 Å². The van der Waals surface area contributed by atoms with Crippen molar-refractivity contribution in [3.05, 3.63) is 29.3 Å². The lowest BCUT2D eigenvalue weighted by atomic mass is 10.1. The summed E-state index contributed by atoms with van der Waals surface area (Å²) in [6.07, 6.45) is 2.35. The third-order valence-electron chi connectivity index (χ3n) is 4.44. The standard InChI is InChI=1S/C17H26N2O4S/c1-4-12-19(14-8-10-18-11-9-14)24(21,22)16-7-5-6-15(13(16)2)17(20)23-3/h5-7,14,18H,4,8-12H2,1-3H3. The van der Waals surface area contributed by atoms with Gasteiger partial charge >= 0.3 is 5.97 Å². The largest absolute Gasteiger partial charge is 0.465 e. The first-order chi connectivity index (χ1) is 11.4. The van der Waals surface area contributed by atoms with Gasteiger partial charge in [0, 0.05) is 12.6 Å². The first kappa shape index (κ1) is 18.9. The number of sulfonamides is 1. The first-order valence-electron chi connectivity index (χ1n) is 8.34. The lowest BCUT2D eigenvalue weighted by molar-refractivity contribution is 0.0599. The number of carbonyl (C=O) groups excluding carboxylic acids is 1. The number of hydrogen-bond donors (Lipinski definition) is 1. The van der Waals surface area contributed by atoms with Crippen molar-refractivity contribution in [2.45, 2.75) is 44.0 Å². The van der Waals surface area contributed by atoms with Crippen molar-refractivity contribution in [1.82, 2.24) is 9.62 Å². The van der Waals surface area contributed by atoms with Crippen molar-refractivity contribution in [3.8, 4) is 0 Å². The molecule has 1 N–H and O–H groups in total. The molecule has 6 nitrogen and oxygen atoms in total. The molecule has 0 aliphatic carbocycles. The number of benzene rings is 1. The zero-order valence-electron chi connectivity index (χ0n) is 14.5. The maximum Gasteiger partial charge on any atom is 0.338 e. The summed E-state index contributed by atoms with van der Waals surface area (Å²) in [6, 6.07) is 4.76. The Morgan fingerprint density at radius 2 is 2.00 bits per heavy atom. The highest BCUT2D eigenvalue weighted by Gasteiger charge is 2.33. The smallest absolute Gasteiger partial charge is 0.338 e. The van der Waals surface area contributed by atoms with Crippen molar-refractivity contribution in [1.29, 1.82) is 0 Å². The SMILES string of the molecule is CCCN(C1CCNCC1)S(=O)(=O)c1cccc(C(=O)OC)c1C. The Morgan fingerprint density at radius 1 is 1.33 bits per heavy atom. The van der Waals surface area contributed by atoms with Crippen molar-refractivity contribution in [2.75, 3.05) is 26.7 Å². The molecule has 24 heavy (non-hydrogen) atoms. The quantitative estimate of drug-likeness (QED) is 0.790. The van der Waals surface area contributed by atoms with Gasteiger partial charge < -0.3 is 10.1 Å². The van der Waals surface area contributed by atoms with Crippen LogP contribution in [0, 0.1) is 6.92 Å². The number of hydrogen-bond acceptors (Lipinski definition) is 5. The van der Waals surface area contributed by atoms with Gasteiger partial charge in [0.1, 0.15) is 0 Å². The lowest BCUT2D eigenvalue weighted by Gasteiger charge is -2.34. The fraction of sp³-hybridized carbons (Fsp3) is 0.588. The minimum Gasteiger partial charge on any atom is -0.465 e. The summed E-state index contributed by atoms with van der Waals surface area (Å²) in [6.45, 7) is 5.76. The first-order valence-corrected chi connectivity index (χ1v) is 9.78. The summed E-state index contributed by atoms with van der Waals surface area (Å²) in [4.78, 5) is 12.1. The van der Waals surface area contributed by atoms with Gasteiger partial charge in [-0.25, -0.2) is 13.2 Å². The molecule has 134 valence electrons. The van der Waals surface area contributed by atoms with E-state index in [1.165, 1.54) is 7.11 Å². The molecule has 0 spiro atoms. The zero-order chi connectivity index (χ0) is 17.7. The average molecular weight is 354 g/mol. The molecule has 1 heterocycles. The Morgan fingerprint density at radius 3 is 2.58 bits per heavy atom. The van der Waals surface area contributed by atoms with Crippen LogP contribution in [0.25, 0.3) is 0 Å². The summed E-state index contributed by atoms with van der Waals surface area (Å²) in [5.41, 5.74) is 0.736. The van der Waals surface area contributed by atoms with Crippen molar-refractivity contribution < 1.29 is 17.9 Å². The van der Waals surface area contributed by atoms with E-state index in [-0.39, 0.29) is 10.9 Å². The van der Waals surface area contributed by atoms with Crippen LogP contribution in [0.15, 0.2) is 23.1 Å². The Hall–Kier alpha value is -1.44. The number of methoxy groups -OCH3 is 1. The number of ether oxygens (including phenoxy) is 1. The Labute approximate surface area is 144 Å². The van der Waals surface area contributed by atoms with E-state index in [4.69, 9.17) is 4.74 Å². The van der Waals surface area contributed by atoms with E-state index in [0.717, 1.165) is 32.4 Å². The number of nitrogens with zero attached hydrogens (tertiary/aromatic N) is 1. The van der Waals surface area contributed by atoms with E-state index in [9.17, 15) is 13.2 Å². The van der Waals surface area contributed by atoms with Crippen molar-refractivity contribution in [2.24, 2.45) is 0 Å². The molecule has 1 saturated heterocycles. The molecule has 7 heteroatoms. The van der Waals surface area contributed by atoms with Gasteiger partial charge in [-0.05, 0) is 57.0 Å². The maximum atomic E-state index is 13.3. The van der Waals surface area contributed by atoms with Crippen LogP contribution in [-0.2, 0) is 14.8 Å². The van der Waals surface area contributed by atoms with Gasteiger partial charge in [-0.15, -0.1) is 0 Å². The molecule has 0 radical (unpaired) electrons. The summed E-state index contributed by atoms with van der Waals surface area (Å²) >= 11 is 0. The number of nitrogens with one attached hydrogen (secondary N) is 1. The fourth-order valence-electron chi connectivity index (χ4n) is 3.17. The van der Waals surface area contributed by atoms with Gasteiger partial charge in [0.2, 0.25) is 10.0 Å². The minimum absolute atomic E-state index is 0.00242. The average Bonchev–Trinajstić information content (AvgIpc) is 2.59. The summed E-state index contributed by atoms with van der Waals surface area (Å²) < 4.78 is 32.9. The normalized spacial score (nSPS) is 16.3. The molecule has 1 fully saturated rings. The highest BCUT2D eigenvalue weighted by atomic mass is 32.2. The zero-order valence-corrected chi connectivity index (χ0v) is 15.4.